The van der Waals surface area contributed by atoms with Crippen LogP contribution in [0.25, 0.3) is 11.4 Å². The molecule has 7 heteroatoms. The van der Waals surface area contributed by atoms with Crippen LogP contribution in [0, 0.1) is 0 Å². The number of rotatable bonds is 5. The van der Waals surface area contributed by atoms with Crippen molar-refractivity contribution in [3.8, 4) is 17.1 Å². The highest BCUT2D eigenvalue weighted by molar-refractivity contribution is 5.93. The molecule has 0 saturated carbocycles. The normalized spacial score (nSPS) is 10.2. The molecule has 3 aromatic rings. The molecule has 0 aliphatic rings. The molecule has 0 saturated heterocycles. The van der Waals surface area contributed by atoms with Crippen molar-refractivity contribution in [2.45, 2.75) is 0 Å². The standard InChI is InChI=1S/C17H15N5O2/c1-24-14-8-3-2-7-13(14)16-19-10-20-17(22-16)21-12-6-4-5-11(9-12)15(18)23/h2-10H,1H3,(H2,18,23)(H,19,20,21,22). The Labute approximate surface area is 138 Å². The van der Waals surface area contributed by atoms with Gasteiger partial charge in [-0.2, -0.15) is 4.98 Å². The molecule has 2 aromatic carbocycles. The predicted molar refractivity (Wildman–Crippen MR) is 90.1 cm³/mol. The van der Waals surface area contributed by atoms with Gasteiger partial charge in [-0.1, -0.05) is 18.2 Å². The number of carbonyl (C=O) groups excluding carboxylic acids is 1. The lowest BCUT2D eigenvalue weighted by Crippen LogP contribution is -2.11. The van der Waals surface area contributed by atoms with Gasteiger partial charge in [0.05, 0.1) is 12.7 Å². The number of methoxy groups -OCH3 is 1. The fourth-order valence-electron chi connectivity index (χ4n) is 2.19. The molecule has 120 valence electrons. The number of anilines is 2. The first kappa shape index (κ1) is 15.4. The van der Waals surface area contributed by atoms with Gasteiger partial charge in [-0.15, -0.1) is 0 Å². The Kier molecular flexibility index (Phi) is 4.33. The van der Waals surface area contributed by atoms with Crippen LogP contribution in [-0.2, 0) is 0 Å². The number of nitrogens with two attached hydrogens (primary N) is 1. The zero-order valence-electron chi connectivity index (χ0n) is 12.9. The molecule has 7 nitrogen and oxygen atoms in total. The molecule has 0 unspecified atom stereocenters. The van der Waals surface area contributed by atoms with Crippen molar-refractivity contribution in [1.82, 2.24) is 15.0 Å². The SMILES string of the molecule is COc1ccccc1-c1ncnc(Nc2cccc(C(N)=O)c2)n1. The molecular formula is C17H15N5O2. The summed E-state index contributed by atoms with van der Waals surface area (Å²) in [4.78, 5) is 23.9. The van der Waals surface area contributed by atoms with Gasteiger partial charge in [0.1, 0.15) is 12.1 Å². The van der Waals surface area contributed by atoms with Gasteiger partial charge in [0, 0.05) is 11.3 Å². The molecular weight excluding hydrogens is 306 g/mol. The Bertz CT molecular complexity index is 882. The van der Waals surface area contributed by atoms with Crippen LogP contribution in [0.4, 0.5) is 11.6 Å². The summed E-state index contributed by atoms with van der Waals surface area (Å²) < 4.78 is 5.33. The number of primary amides is 1. The van der Waals surface area contributed by atoms with E-state index in [4.69, 9.17) is 10.5 Å². The minimum absolute atomic E-state index is 0.354. The number of carbonyl (C=O) groups is 1. The first-order valence-electron chi connectivity index (χ1n) is 7.16. The number of hydrogen-bond acceptors (Lipinski definition) is 6. The van der Waals surface area contributed by atoms with Crippen molar-refractivity contribution < 1.29 is 9.53 Å². The van der Waals surface area contributed by atoms with E-state index >= 15 is 0 Å². The van der Waals surface area contributed by atoms with E-state index in [9.17, 15) is 4.79 Å². The molecule has 0 radical (unpaired) electrons. The summed E-state index contributed by atoms with van der Waals surface area (Å²) in [7, 11) is 1.59. The Hall–Kier alpha value is -3.48. The molecule has 0 aliphatic carbocycles. The minimum atomic E-state index is -0.496. The number of ether oxygens (including phenoxy) is 1. The summed E-state index contributed by atoms with van der Waals surface area (Å²) in [6.07, 6.45) is 1.41. The second-order valence-electron chi connectivity index (χ2n) is 4.90. The zero-order valence-corrected chi connectivity index (χ0v) is 12.9. The Morgan fingerprint density at radius 1 is 1.12 bits per heavy atom. The molecule has 3 rings (SSSR count). The maximum absolute atomic E-state index is 11.3. The van der Waals surface area contributed by atoms with Crippen LogP contribution in [0.15, 0.2) is 54.9 Å². The van der Waals surface area contributed by atoms with E-state index in [2.05, 4.69) is 20.3 Å². The molecule has 0 spiro atoms. The first-order chi connectivity index (χ1) is 11.7. The van der Waals surface area contributed by atoms with Gasteiger partial charge in [0.2, 0.25) is 11.9 Å². The monoisotopic (exact) mass is 321 g/mol. The maximum Gasteiger partial charge on any atom is 0.248 e. The van der Waals surface area contributed by atoms with Crippen LogP contribution in [0.5, 0.6) is 5.75 Å². The third kappa shape index (κ3) is 3.30. The van der Waals surface area contributed by atoms with Crippen LogP contribution >= 0.6 is 0 Å². The highest BCUT2D eigenvalue weighted by Crippen LogP contribution is 2.27. The number of nitrogens with zero attached hydrogens (tertiary/aromatic N) is 3. The second-order valence-corrected chi connectivity index (χ2v) is 4.90. The van der Waals surface area contributed by atoms with E-state index < -0.39 is 5.91 Å². The van der Waals surface area contributed by atoms with Crippen LogP contribution in [0.1, 0.15) is 10.4 Å². The number of amides is 1. The predicted octanol–water partition coefficient (Wildman–Crippen LogP) is 2.39. The Morgan fingerprint density at radius 3 is 2.75 bits per heavy atom. The summed E-state index contributed by atoms with van der Waals surface area (Å²) in [6, 6.07) is 14.2. The van der Waals surface area contributed by atoms with Gasteiger partial charge in [0.15, 0.2) is 5.82 Å². The van der Waals surface area contributed by atoms with E-state index in [-0.39, 0.29) is 0 Å². The third-order valence-corrected chi connectivity index (χ3v) is 3.32. The average Bonchev–Trinajstić information content (AvgIpc) is 2.62. The molecule has 1 amide bonds. The van der Waals surface area contributed by atoms with Gasteiger partial charge < -0.3 is 15.8 Å². The fraction of sp³-hybridized carbons (Fsp3) is 0.0588. The zero-order chi connectivity index (χ0) is 16.9. The smallest absolute Gasteiger partial charge is 0.248 e. The van der Waals surface area contributed by atoms with E-state index in [1.54, 1.807) is 31.4 Å². The minimum Gasteiger partial charge on any atom is -0.496 e. The number of para-hydroxylation sites is 1. The maximum atomic E-state index is 11.3. The molecule has 0 bridgehead atoms. The Morgan fingerprint density at radius 2 is 1.96 bits per heavy atom. The van der Waals surface area contributed by atoms with Gasteiger partial charge in [-0.3, -0.25) is 4.79 Å². The van der Waals surface area contributed by atoms with Crippen molar-refractivity contribution in [3.05, 3.63) is 60.4 Å². The first-order valence-corrected chi connectivity index (χ1v) is 7.16. The average molecular weight is 321 g/mol. The largest absolute Gasteiger partial charge is 0.496 e. The Balaban J connectivity index is 1.91. The van der Waals surface area contributed by atoms with Crippen LogP contribution < -0.4 is 15.8 Å². The van der Waals surface area contributed by atoms with Crippen molar-refractivity contribution in [1.29, 1.82) is 0 Å². The highest BCUT2D eigenvalue weighted by Gasteiger charge is 2.10. The summed E-state index contributed by atoms with van der Waals surface area (Å²) >= 11 is 0. The van der Waals surface area contributed by atoms with E-state index in [1.807, 2.05) is 24.3 Å². The lowest BCUT2D eigenvalue weighted by atomic mass is 10.2. The van der Waals surface area contributed by atoms with E-state index in [0.717, 1.165) is 5.56 Å². The lowest BCUT2D eigenvalue weighted by Gasteiger charge is -2.09. The van der Waals surface area contributed by atoms with Crippen molar-refractivity contribution in [3.63, 3.8) is 0 Å². The van der Waals surface area contributed by atoms with Gasteiger partial charge >= 0.3 is 0 Å². The molecule has 0 aliphatic heterocycles. The van der Waals surface area contributed by atoms with E-state index in [0.29, 0.717) is 28.8 Å². The van der Waals surface area contributed by atoms with Crippen molar-refractivity contribution >= 4 is 17.5 Å². The van der Waals surface area contributed by atoms with Crippen molar-refractivity contribution in [2.75, 3.05) is 12.4 Å². The van der Waals surface area contributed by atoms with Crippen LogP contribution in [-0.4, -0.2) is 28.0 Å². The molecule has 3 N–H and O–H groups in total. The number of aromatic nitrogens is 3. The molecule has 1 heterocycles. The second kappa shape index (κ2) is 6.74. The lowest BCUT2D eigenvalue weighted by molar-refractivity contribution is 0.100. The summed E-state index contributed by atoms with van der Waals surface area (Å²) in [5, 5.41) is 3.04. The number of nitrogens with one attached hydrogen (secondary N) is 1. The fourth-order valence-corrected chi connectivity index (χ4v) is 2.19. The summed E-state index contributed by atoms with van der Waals surface area (Å²) in [5.74, 6) is 1.01. The number of benzene rings is 2. The molecule has 0 fully saturated rings. The van der Waals surface area contributed by atoms with Gasteiger partial charge in [-0.05, 0) is 30.3 Å². The van der Waals surface area contributed by atoms with Gasteiger partial charge in [-0.25, -0.2) is 9.97 Å². The topological polar surface area (TPSA) is 103 Å². The molecule has 0 atom stereocenters. The molecule has 24 heavy (non-hydrogen) atoms. The van der Waals surface area contributed by atoms with Crippen LogP contribution in [0.2, 0.25) is 0 Å². The third-order valence-electron chi connectivity index (χ3n) is 3.32. The van der Waals surface area contributed by atoms with E-state index in [1.165, 1.54) is 6.33 Å². The quantitative estimate of drug-likeness (QED) is 0.748. The number of hydrogen-bond donors (Lipinski definition) is 2. The van der Waals surface area contributed by atoms with Crippen LogP contribution in [0.3, 0.4) is 0 Å². The van der Waals surface area contributed by atoms with Crippen molar-refractivity contribution in [2.24, 2.45) is 5.73 Å². The van der Waals surface area contributed by atoms with Gasteiger partial charge in [0.25, 0.3) is 0 Å². The summed E-state index contributed by atoms with van der Waals surface area (Å²) in [6.45, 7) is 0. The highest BCUT2D eigenvalue weighted by atomic mass is 16.5. The molecule has 1 aromatic heterocycles. The summed E-state index contributed by atoms with van der Waals surface area (Å²) in [5.41, 5.74) is 7.10.